The van der Waals surface area contributed by atoms with Crippen LogP contribution in [-0.2, 0) is 0 Å². The van der Waals surface area contributed by atoms with Gasteiger partial charge in [0.1, 0.15) is 0 Å². The summed E-state index contributed by atoms with van der Waals surface area (Å²) in [6, 6.07) is 0. The van der Waals surface area contributed by atoms with Crippen LogP contribution < -0.4 is 0 Å². The topological polar surface area (TPSA) is 0 Å². The molecule has 0 aromatic rings. The Morgan fingerprint density at radius 2 is 1.82 bits per heavy atom. The minimum atomic E-state index is 0.970. The fourth-order valence-electron chi connectivity index (χ4n) is 8.32. The average Bonchev–Trinajstić information content (AvgIpc) is 2.25. The number of rotatable bonds is 3. The van der Waals surface area contributed by atoms with Gasteiger partial charge in [-0.3, -0.25) is 0 Å². The summed E-state index contributed by atoms with van der Waals surface area (Å²) in [6.07, 6.45) is 6.13. The molecule has 0 nitrogen and oxygen atoms in total. The molecule has 6 rings (SSSR count). The van der Waals surface area contributed by atoms with Gasteiger partial charge >= 0.3 is 0 Å². The molecule has 17 heavy (non-hydrogen) atoms. The van der Waals surface area contributed by atoms with Gasteiger partial charge in [-0.2, -0.15) is 0 Å². The Morgan fingerprint density at radius 3 is 2.47 bits per heavy atom. The van der Waals surface area contributed by atoms with Crippen LogP contribution in [0.25, 0.3) is 0 Å². The first-order valence-electron chi connectivity index (χ1n) is 8.27. The fourth-order valence-corrected chi connectivity index (χ4v) is 8.32. The van der Waals surface area contributed by atoms with E-state index in [1.165, 1.54) is 42.4 Å². The quantitative estimate of drug-likeness (QED) is 0.681. The SMILES string of the molecule is CCCC1C(C)C2C(CC)C3C4C5CC4(C15)C23. The lowest BCUT2D eigenvalue weighted by atomic mass is 9.07. The Labute approximate surface area is 106 Å². The molecule has 6 fully saturated rings. The minimum Gasteiger partial charge on any atom is -0.0654 e. The first-order chi connectivity index (χ1) is 8.27. The first kappa shape index (κ1) is 9.87. The van der Waals surface area contributed by atoms with Gasteiger partial charge in [-0.05, 0) is 65.1 Å². The van der Waals surface area contributed by atoms with Crippen molar-refractivity contribution in [2.45, 2.75) is 46.5 Å². The van der Waals surface area contributed by atoms with E-state index in [1.807, 2.05) is 0 Å². The second kappa shape index (κ2) is 2.63. The number of hydrogen-bond donors (Lipinski definition) is 0. The Balaban J connectivity index is 1.54. The Hall–Kier alpha value is 0. The van der Waals surface area contributed by atoms with Crippen LogP contribution in [0.5, 0.6) is 0 Å². The molecule has 94 valence electrons. The van der Waals surface area contributed by atoms with Crippen molar-refractivity contribution in [3.63, 3.8) is 0 Å². The Bertz CT molecular complexity index is 375. The van der Waals surface area contributed by atoms with Gasteiger partial charge < -0.3 is 0 Å². The molecule has 0 saturated heterocycles. The van der Waals surface area contributed by atoms with Gasteiger partial charge in [0.05, 0.1) is 0 Å². The smallest absolute Gasteiger partial charge is 0.0193 e. The summed E-state index contributed by atoms with van der Waals surface area (Å²) < 4.78 is 0. The molecule has 0 N–H and O–H groups in total. The third-order valence-corrected chi connectivity index (χ3v) is 8.44. The van der Waals surface area contributed by atoms with E-state index < -0.39 is 0 Å². The highest BCUT2D eigenvalue weighted by Gasteiger charge is 2.92. The van der Waals surface area contributed by atoms with Crippen LogP contribution in [0.4, 0.5) is 0 Å². The van der Waals surface area contributed by atoms with E-state index in [-0.39, 0.29) is 0 Å². The molecule has 6 aliphatic rings. The zero-order valence-electron chi connectivity index (χ0n) is 11.5. The molecule has 10 atom stereocenters. The average molecular weight is 230 g/mol. The maximum Gasteiger partial charge on any atom is -0.0193 e. The predicted molar refractivity (Wildman–Crippen MR) is 69.3 cm³/mol. The van der Waals surface area contributed by atoms with Crippen molar-refractivity contribution in [2.24, 2.45) is 58.7 Å². The van der Waals surface area contributed by atoms with Crippen molar-refractivity contribution in [3.05, 3.63) is 0 Å². The standard InChI is InChI=1S/C17H26/c1-4-6-10-8(3)12-9(5-2)13-15-11-7-17(15,14(10)11)16(12)13/h8-16H,4-7H2,1-3H3. The van der Waals surface area contributed by atoms with Crippen LogP contribution in [0.15, 0.2) is 0 Å². The van der Waals surface area contributed by atoms with Crippen molar-refractivity contribution in [3.8, 4) is 0 Å². The van der Waals surface area contributed by atoms with Crippen molar-refractivity contribution < 1.29 is 0 Å². The molecule has 0 heterocycles. The fraction of sp³-hybridized carbons (Fsp3) is 1.00. The van der Waals surface area contributed by atoms with Gasteiger partial charge in [0.25, 0.3) is 0 Å². The number of hydrogen-bond acceptors (Lipinski definition) is 0. The van der Waals surface area contributed by atoms with Gasteiger partial charge in [0, 0.05) is 0 Å². The molecule has 0 aromatic heterocycles. The zero-order valence-corrected chi connectivity index (χ0v) is 11.5. The second-order valence-corrected chi connectivity index (χ2v) is 8.10. The molecule has 0 heteroatoms. The van der Waals surface area contributed by atoms with Crippen LogP contribution in [0.1, 0.15) is 46.5 Å². The van der Waals surface area contributed by atoms with Gasteiger partial charge in [0.2, 0.25) is 0 Å². The normalized spacial score (nSPS) is 72.5. The largest absolute Gasteiger partial charge is 0.0654 e. The zero-order chi connectivity index (χ0) is 11.5. The summed E-state index contributed by atoms with van der Waals surface area (Å²) >= 11 is 0. The summed E-state index contributed by atoms with van der Waals surface area (Å²) in [7, 11) is 0. The summed E-state index contributed by atoms with van der Waals surface area (Å²) in [5.74, 6) is 10.7. The second-order valence-electron chi connectivity index (χ2n) is 8.10. The van der Waals surface area contributed by atoms with E-state index in [4.69, 9.17) is 0 Å². The summed E-state index contributed by atoms with van der Waals surface area (Å²) in [5.41, 5.74) is 0.970. The first-order valence-corrected chi connectivity index (χ1v) is 8.27. The van der Waals surface area contributed by atoms with E-state index in [2.05, 4.69) is 20.8 Å². The molecular formula is C17H26. The lowest BCUT2D eigenvalue weighted by Crippen LogP contribution is -2.93. The molecule has 1 spiro atoms. The van der Waals surface area contributed by atoms with Crippen LogP contribution in [-0.4, -0.2) is 0 Å². The molecule has 0 aliphatic heterocycles. The Kier molecular flexibility index (Phi) is 1.53. The van der Waals surface area contributed by atoms with E-state index in [0.29, 0.717) is 0 Å². The Morgan fingerprint density at radius 1 is 1.00 bits per heavy atom. The van der Waals surface area contributed by atoms with Gasteiger partial charge in [-0.25, -0.2) is 0 Å². The molecule has 10 unspecified atom stereocenters. The maximum atomic E-state index is 2.63. The highest BCUT2D eigenvalue weighted by atomic mass is 15.0. The molecule has 0 amide bonds. The van der Waals surface area contributed by atoms with Gasteiger partial charge in [-0.15, -0.1) is 0 Å². The third-order valence-electron chi connectivity index (χ3n) is 8.44. The van der Waals surface area contributed by atoms with Crippen LogP contribution >= 0.6 is 0 Å². The van der Waals surface area contributed by atoms with Crippen LogP contribution in [0.3, 0.4) is 0 Å². The molecule has 0 radical (unpaired) electrons. The van der Waals surface area contributed by atoms with E-state index >= 15 is 0 Å². The predicted octanol–water partition coefficient (Wildman–Crippen LogP) is 4.21. The lowest BCUT2D eigenvalue weighted by molar-refractivity contribution is -0.501. The van der Waals surface area contributed by atoms with Crippen LogP contribution in [0, 0.1) is 58.7 Å². The molecule has 6 aliphatic carbocycles. The maximum absolute atomic E-state index is 2.63. The van der Waals surface area contributed by atoms with Gasteiger partial charge in [0.15, 0.2) is 0 Å². The minimum absolute atomic E-state index is 0.970. The summed E-state index contributed by atoms with van der Waals surface area (Å²) in [6.45, 7) is 7.49. The third kappa shape index (κ3) is 0.678. The van der Waals surface area contributed by atoms with Crippen molar-refractivity contribution in [1.29, 1.82) is 0 Å². The highest BCUT2D eigenvalue weighted by molar-refractivity contribution is 5.39. The van der Waals surface area contributed by atoms with E-state index in [0.717, 1.165) is 29.1 Å². The molecule has 0 aromatic carbocycles. The highest BCUT2D eigenvalue weighted by Crippen LogP contribution is 2.96. The molecule has 2 bridgehead atoms. The molecule has 6 saturated carbocycles. The molecular weight excluding hydrogens is 204 g/mol. The van der Waals surface area contributed by atoms with E-state index in [9.17, 15) is 0 Å². The summed E-state index contributed by atoms with van der Waals surface area (Å²) in [4.78, 5) is 0. The summed E-state index contributed by atoms with van der Waals surface area (Å²) in [5, 5.41) is 0. The van der Waals surface area contributed by atoms with E-state index in [1.54, 1.807) is 12.8 Å². The van der Waals surface area contributed by atoms with Crippen LogP contribution in [0.2, 0.25) is 0 Å². The van der Waals surface area contributed by atoms with Gasteiger partial charge in [-0.1, -0.05) is 40.0 Å². The van der Waals surface area contributed by atoms with Crippen molar-refractivity contribution in [1.82, 2.24) is 0 Å². The lowest BCUT2D eigenvalue weighted by Gasteiger charge is -2.97. The monoisotopic (exact) mass is 230 g/mol. The van der Waals surface area contributed by atoms with Crippen molar-refractivity contribution in [2.75, 3.05) is 0 Å². The van der Waals surface area contributed by atoms with Crippen molar-refractivity contribution >= 4 is 0 Å².